The number of hydrogen-bond acceptors (Lipinski definition) is 3. The van der Waals surface area contributed by atoms with E-state index < -0.39 is 0 Å². The molecular formula is C9H15BrN2S. The van der Waals surface area contributed by atoms with E-state index in [2.05, 4.69) is 28.9 Å². The fourth-order valence-electron chi connectivity index (χ4n) is 1.17. The maximum atomic E-state index is 6.02. The largest absolute Gasteiger partial charge is 0.330 e. The summed E-state index contributed by atoms with van der Waals surface area (Å²) in [4.78, 5) is 1.23. The highest BCUT2D eigenvalue weighted by Crippen LogP contribution is 2.28. The predicted octanol–water partition coefficient (Wildman–Crippen LogP) is 2.50. The summed E-state index contributed by atoms with van der Waals surface area (Å²) in [6.07, 6.45) is 0.962. The first-order valence-corrected chi connectivity index (χ1v) is 5.95. The van der Waals surface area contributed by atoms with Gasteiger partial charge in [0.15, 0.2) is 0 Å². The Kier molecular flexibility index (Phi) is 4.38. The minimum absolute atomic E-state index is 0.134. The molecule has 0 aliphatic heterocycles. The zero-order valence-electron chi connectivity index (χ0n) is 7.66. The van der Waals surface area contributed by atoms with Crippen molar-refractivity contribution in [2.24, 2.45) is 17.4 Å². The molecule has 1 aromatic heterocycles. The molecule has 0 aliphatic rings. The smallest absolute Gasteiger partial charge is 0.0701 e. The van der Waals surface area contributed by atoms with Gasteiger partial charge in [0, 0.05) is 10.9 Å². The van der Waals surface area contributed by atoms with Gasteiger partial charge in [-0.15, -0.1) is 11.3 Å². The van der Waals surface area contributed by atoms with E-state index in [0.29, 0.717) is 12.5 Å². The molecule has 0 fully saturated rings. The van der Waals surface area contributed by atoms with E-state index in [1.54, 1.807) is 11.3 Å². The van der Waals surface area contributed by atoms with Gasteiger partial charge >= 0.3 is 0 Å². The van der Waals surface area contributed by atoms with Crippen LogP contribution in [0, 0.1) is 5.92 Å². The minimum Gasteiger partial charge on any atom is -0.330 e. The number of halogens is 1. The van der Waals surface area contributed by atoms with Crippen molar-refractivity contribution in [3.05, 3.63) is 20.8 Å². The third-order valence-electron chi connectivity index (χ3n) is 2.02. The molecule has 1 rings (SSSR count). The van der Waals surface area contributed by atoms with Crippen molar-refractivity contribution in [1.29, 1.82) is 0 Å². The van der Waals surface area contributed by atoms with Crippen molar-refractivity contribution in [3.8, 4) is 0 Å². The van der Waals surface area contributed by atoms with Gasteiger partial charge in [0.25, 0.3) is 0 Å². The van der Waals surface area contributed by atoms with E-state index in [9.17, 15) is 0 Å². The number of thiophene rings is 1. The van der Waals surface area contributed by atoms with Gasteiger partial charge in [-0.1, -0.05) is 6.92 Å². The lowest BCUT2D eigenvalue weighted by atomic mass is 10.0. The third-order valence-corrected chi connectivity index (χ3v) is 3.77. The van der Waals surface area contributed by atoms with Crippen LogP contribution in [0.1, 0.15) is 24.3 Å². The summed E-state index contributed by atoms with van der Waals surface area (Å²) in [5, 5.41) is 0. The summed E-state index contributed by atoms with van der Waals surface area (Å²) in [7, 11) is 0. The van der Waals surface area contributed by atoms with Crippen LogP contribution in [0.15, 0.2) is 15.9 Å². The van der Waals surface area contributed by atoms with Gasteiger partial charge in [0.1, 0.15) is 0 Å². The summed E-state index contributed by atoms with van der Waals surface area (Å²) in [6, 6.07) is 4.24. The molecule has 0 spiro atoms. The van der Waals surface area contributed by atoms with E-state index in [4.69, 9.17) is 11.5 Å². The number of rotatable bonds is 4. The second kappa shape index (κ2) is 5.10. The average molecular weight is 263 g/mol. The third kappa shape index (κ3) is 3.38. The molecule has 13 heavy (non-hydrogen) atoms. The van der Waals surface area contributed by atoms with Crippen molar-refractivity contribution in [1.82, 2.24) is 0 Å². The van der Waals surface area contributed by atoms with E-state index in [1.165, 1.54) is 4.88 Å². The first-order valence-electron chi connectivity index (χ1n) is 4.34. The van der Waals surface area contributed by atoms with Crippen LogP contribution < -0.4 is 11.5 Å². The van der Waals surface area contributed by atoms with Crippen LogP contribution in [0.4, 0.5) is 0 Å². The molecule has 0 amide bonds. The molecule has 0 bridgehead atoms. The van der Waals surface area contributed by atoms with Gasteiger partial charge < -0.3 is 11.5 Å². The molecule has 1 aromatic rings. The Labute approximate surface area is 91.4 Å². The first-order chi connectivity index (χ1) is 6.13. The zero-order valence-corrected chi connectivity index (χ0v) is 10.1. The molecule has 1 heterocycles. The van der Waals surface area contributed by atoms with Crippen molar-refractivity contribution in [3.63, 3.8) is 0 Å². The van der Waals surface area contributed by atoms with E-state index in [-0.39, 0.29) is 6.04 Å². The minimum atomic E-state index is 0.134. The van der Waals surface area contributed by atoms with E-state index in [0.717, 1.165) is 10.2 Å². The van der Waals surface area contributed by atoms with Gasteiger partial charge in [0.05, 0.1) is 3.79 Å². The summed E-state index contributed by atoms with van der Waals surface area (Å²) in [5.41, 5.74) is 11.6. The van der Waals surface area contributed by atoms with Crippen LogP contribution in [0.25, 0.3) is 0 Å². The SMILES string of the molecule is CC(CN)CC(N)c1ccc(Br)s1. The second-order valence-corrected chi connectivity index (χ2v) is 5.82. The molecule has 4 heteroatoms. The highest BCUT2D eigenvalue weighted by atomic mass is 79.9. The lowest BCUT2D eigenvalue weighted by Crippen LogP contribution is -2.18. The Hall–Kier alpha value is 0.1000. The summed E-state index contributed by atoms with van der Waals surface area (Å²) >= 11 is 5.12. The molecule has 2 atom stereocenters. The fourth-order valence-corrected chi connectivity index (χ4v) is 2.61. The molecule has 2 nitrogen and oxygen atoms in total. The van der Waals surface area contributed by atoms with Crippen LogP contribution >= 0.6 is 27.3 Å². The fraction of sp³-hybridized carbons (Fsp3) is 0.556. The number of nitrogens with two attached hydrogens (primary N) is 2. The standard InChI is InChI=1S/C9H15BrN2S/c1-6(5-11)4-7(12)8-2-3-9(10)13-8/h2-3,6-7H,4-5,11-12H2,1H3. The Morgan fingerprint density at radius 3 is 2.69 bits per heavy atom. The van der Waals surface area contributed by atoms with Crippen molar-refractivity contribution in [2.75, 3.05) is 6.54 Å². The van der Waals surface area contributed by atoms with Gasteiger partial charge in [0.2, 0.25) is 0 Å². The predicted molar refractivity (Wildman–Crippen MR) is 61.8 cm³/mol. The highest BCUT2D eigenvalue weighted by Gasteiger charge is 2.11. The van der Waals surface area contributed by atoms with Gasteiger partial charge in [-0.05, 0) is 46.9 Å². The maximum absolute atomic E-state index is 6.02. The van der Waals surface area contributed by atoms with Gasteiger partial charge in [-0.3, -0.25) is 0 Å². The lowest BCUT2D eigenvalue weighted by Gasteiger charge is -2.13. The van der Waals surface area contributed by atoms with E-state index in [1.807, 2.05) is 6.07 Å². The number of hydrogen-bond donors (Lipinski definition) is 2. The molecule has 0 aromatic carbocycles. The molecule has 0 saturated carbocycles. The average Bonchev–Trinajstić information content (AvgIpc) is 2.51. The normalized spacial score (nSPS) is 15.7. The Morgan fingerprint density at radius 1 is 1.54 bits per heavy atom. The monoisotopic (exact) mass is 262 g/mol. The quantitative estimate of drug-likeness (QED) is 0.876. The molecule has 2 unspecified atom stereocenters. The van der Waals surface area contributed by atoms with Crippen molar-refractivity contribution in [2.45, 2.75) is 19.4 Å². The van der Waals surface area contributed by atoms with Crippen LogP contribution in [0.5, 0.6) is 0 Å². The Morgan fingerprint density at radius 2 is 2.23 bits per heavy atom. The van der Waals surface area contributed by atoms with Gasteiger partial charge in [-0.2, -0.15) is 0 Å². The van der Waals surface area contributed by atoms with Crippen molar-refractivity contribution < 1.29 is 0 Å². The van der Waals surface area contributed by atoms with Crippen LogP contribution in [0.3, 0.4) is 0 Å². The molecule has 0 radical (unpaired) electrons. The Bertz CT molecular complexity index is 262. The molecule has 74 valence electrons. The summed E-state index contributed by atoms with van der Waals surface area (Å²) < 4.78 is 1.14. The topological polar surface area (TPSA) is 52.0 Å². The highest BCUT2D eigenvalue weighted by molar-refractivity contribution is 9.11. The molecular weight excluding hydrogens is 248 g/mol. The Balaban J connectivity index is 2.53. The second-order valence-electron chi connectivity index (χ2n) is 3.32. The zero-order chi connectivity index (χ0) is 9.84. The lowest BCUT2D eigenvalue weighted by molar-refractivity contribution is 0.486. The van der Waals surface area contributed by atoms with Crippen LogP contribution in [-0.2, 0) is 0 Å². The first kappa shape index (κ1) is 11.2. The summed E-state index contributed by atoms with van der Waals surface area (Å²) in [6.45, 7) is 2.84. The molecule has 0 saturated heterocycles. The molecule has 4 N–H and O–H groups in total. The van der Waals surface area contributed by atoms with Crippen LogP contribution in [0.2, 0.25) is 0 Å². The van der Waals surface area contributed by atoms with E-state index >= 15 is 0 Å². The maximum Gasteiger partial charge on any atom is 0.0701 e. The summed E-state index contributed by atoms with van der Waals surface area (Å²) in [5.74, 6) is 0.496. The van der Waals surface area contributed by atoms with Crippen LogP contribution in [-0.4, -0.2) is 6.54 Å². The van der Waals surface area contributed by atoms with Crippen molar-refractivity contribution >= 4 is 27.3 Å². The molecule has 0 aliphatic carbocycles. The van der Waals surface area contributed by atoms with Gasteiger partial charge in [-0.25, -0.2) is 0 Å².